The highest BCUT2D eigenvalue weighted by Gasteiger charge is 2.29. The van der Waals surface area contributed by atoms with Crippen LogP contribution >= 0.6 is 0 Å². The maximum atomic E-state index is 13.6. The van der Waals surface area contributed by atoms with Crippen LogP contribution in [-0.2, 0) is 4.79 Å². The van der Waals surface area contributed by atoms with Gasteiger partial charge < -0.3 is 15.0 Å². The molecule has 1 aromatic rings. The smallest absolute Gasteiger partial charge is 0.263 e. The number of amides is 1. The standard InChI is InChI=1S/C16H23FN2O2/c1-3-14(21-15-9-5-4-8-13(15)17)16(20)19-10-6-7-12(11-19)18-2/h4-5,8-9,12,14,18H,3,6-7,10-11H2,1-2H3/t12-,14+/m0/s1. The van der Waals surface area contributed by atoms with Crippen molar-refractivity contribution in [1.29, 1.82) is 0 Å². The van der Waals surface area contributed by atoms with Crippen LogP contribution in [0.1, 0.15) is 26.2 Å². The number of nitrogens with one attached hydrogen (secondary N) is 1. The summed E-state index contributed by atoms with van der Waals surface area (Å²) in [6.07, 6.45) is 1.95. The maximum absolute atomic E-state index is 13.6. The lowest BCUT2D eigenvalue weighted by atomic mass is 10.0. The van der Waals surface area contributed by atoms with Crippen LogP contribution in [0.5, 0.6) is 5.75 Å². The third kappa shape index (κ3) is 3.94. The number of ether oxygens (including phenoxy) is 1. The molecule has 0 spiro atoms. The zero-order valence-corrected chi connectivity index (χ0v) is 12.6. The second-order valence-electron chi connectivity index (χ2n) is 5.36. The summed E-state index contributed by atoms with van der Waals surface area (Å²) in [7, 11) is 1.91. The Bertz CT molecular complexity index is 481. The van der Waals surface area contributed by atoms with Crippen molar-refractivity contribution in [2.45, 2.75) is 38.3 Å². The number of piperidine rings is 1. The Morgan fingerprint density at radius 2 is 2.29 bits per heavy atom. The fraction of sp³-hybridized carbons (Fsp3) is 0.562. The lowest BCUT2D eigenvalue weighted by molar-refractivity contribution is -0.140. The number of hydrogen-bond donors (Lipinski definition) is 1. The zero-order chi connectivity index (χ0) is 15.2. The molecule has 4 nitrogen and oxygen atoms in total. The third-order valence-electron chi connectivity index (χ3n) is 3.89. The van der Waals surface area contributed by atoms with Gasteiger partial charge in [0.05, 0.1) is 0 Å². The first-order valence-corrected chi connectivity index (χ1v) is 7.53. The second kappa shape index (κ2) is 7.41. The molecule has 0 radical (unpaired) electrons. The number of benzene rings is 1. The van der Waals surface area contributed by atoms with Gasteiger partial charge in [-0.25, -0.2) is 4.39 Å². The topological polar surface area (TPSA) is 41.6 Å². The van der Waals surface area contributed by atoms with Crippen molar-refractivity contribution < 1.29 is 13.9 Å². The summed E-state index contributed by atoms with van der Waals surface area (Å²) in [6.45, 7) is 3.31. The minimum absolute atomic E-state index is 0.0549. The van der Waals surface area contributed by atoms with Crippen molar-refractivity contribution in [2.24, 2.45) is 0 Å². The monoisotopic (exact) mass is 294 g/mol. The van der Waals surface area contributed by atoms with E-state index in [1.807, 2.05) is 18.9 Å². The van der Waals surface area contributed by atoms with Gasteiger partial charge in [0.1, 0.15) is 0 Å². The van der Waals surface area contributed by atoms with E-state index >= 15 is 0 Å². The molecule has 1 heterocycles. The van der Waals surface area contributed by atoms with Crippen LogP contribution in [0.2, 0.25) is 0 Å². The van der Waals surface area contributed by atoms with Gasteiger partial charge in [0, 0.05) is 19.1 Å². The molecule has 1 aliphatic rings. The van der Waals surface area contributed by atoms with E-state index in [9.17, 15) is 9.18 Å². The predicted molar refractivity (Wildman–Crippen MR) is 79.8 cm³/mol. The van der Waals surface area contributed by atoms with Crippen molar-refractivity contribution >= 4 is 5.91 Å². The average Bonchev–Trinajstić information content (AvgIpc) is 2.53. The lowest BCUT2D eigenvalue weighted by Gasteiger charge is -2.34. The van der Waals surface area contributed by atoms with Crippen LogP contribution in [0.25, 0.3) is 0 Å². The number of rotatable bonds is 5. The van der Waals surface area contributed by atoms with Crippen LogP contribution in [0.3, 0.4) is 0 Å². The molecular formula is C16H23FN2O2. The summed E-state index contributed by atoms with van der Waals surface area (Å²) in [5.74, 6) is -0.351. The molecule has 116 valence electrons. The second-order valence-corrected chi connectivity index (χ2v) is 5.36. The fourth-order valence-electron chi connectivity index (χ4n) is 2.62. The molecule has 1 saturated heterocycles. The van der Waals surface area contributed by atoms with Gasteiger partial charge in [-0.1, -0.05) is 19.1 Å². The van der Waals surface area contributed by atoms with E-state index in [1.165, 1.54) is 6.07 Å². The van der Waals surface area contributed by atoms with Crippen LogP contribution in [0, 0.1) is 5.82 Å². The van der Waals surface area contributed by atoms with Crippen molar-refractivity contribution in [2.75, 3.05) is 20.1 Å². The molecule has 1 aromatic carbocycles. The Morgan fingerprint density at radius 1 is 1.52 bits per heavy atom. The Kier molecular flexibility index (Phi) is 5.56. The minimum atomic E-state index is -0.627. The summed E-state index contributed by atoms with van der Waals surface area (Å²) in [4.78, 5) is 14.4. The normalized spacial score (nSPS) is 20.1. The van der Waals surface area contributed by atoms with E-state index in [-0.39, 0.29) is 11.7 Å². The third-order valence-corrected chi connectivity index (χ3v) is 3.89. The molecular weight excluding hydrogens is 271 g/mol. The number of carbonyl (C=O) groups excluding carboxylic acids is 1. The number of carbonyl (C=O) groups is 1. The molecule has 0 aromatic heterocycles. The van der Waals surface area contributed by atoms with Crippen LogP contribution in [-0.4, -0.2) is 43.1 Å². The molecule has 21 heavy (non-hydrogen) atoms. The summed E-state index contributed by atoms with van der Waals surface area (Å²) in [5, 5.41) is 3.21. The van der Waals surface area contributed by atoms with Crippen LogP contribution in [0.15, 0.2) is 24.3 Å². The molecule has 5 heteroatoms. The first-order valence-electron chi connectivity index (χ1n) is 7.53. The number of likely N-dealkylation sites (tertiary alicyclic amines) is 1. The molecule has 2 rings (SSSR count). The van der Waals surface area contributed by atoms with Crippen molar-refractivity contribution in [3.63, 3.8) is 0 Å². The zero-order valence-electron chi connectivity index (χ0n) is 12.6. The van der Waals surface area contributed by atoms with Gasteiger partial charge in [0.25, 0.3) is 5.91 Å². The first kappa shape index (κ1) is 15.8. The Labute approximate surface area is 125 Å². The van der Waals surface area contributed by atoms with Crippen molar-refractivity contribution in [3.05, 3.63) is 30.1 Å². The number of likely N-dealkylation sites (N-methyl/N-ethyl adjacent to an activating group) is 1. The van der Waals surface area contributed by atoms with Gasteiger partial charge >= 0.3 is 0 Å². The van der Waals surface area contributed by atoms with Crippen LogP contribution in [0.4, 0.5) is 4.39 Å². The number of hydrogen-bond acceptors (Lipinski definition) is 3. The highest BCUT2D eigenvalue weighted by atomic mass is 19.1. The molecule has 0 saturated carbocycles. The van der Waals surface area contributed by atoms with Crippen LogP contribution < -0.4 is 10.1 Å². The van der Waals surface area contributed by atoms with E-state index in [0.717, 1.165) is 19.4 Å². The fourth-order valence-corrected chi connectivity index (χ4v) is 2.62. The summed E-state index contributed by atoms with van der Waals surface area (Å²) < 4.78 is 19.2. The average molecular weight is 294 g/mol. The predicted octanol–water partition coefficient (Wildman–Crippen LogP) is 2.19. The molecule has 0 aliphatic carbocycles. The van der Waals surface area contributed by atoms with Gasteiger partial charge in [0.15, 0.2) is 17.7 Å². The quantitative estimate of drug-likeness (QED) is 0.905. The number of para-hydroxylation sites is 1. The molecule has 1 fully saturated rings. The molecule has 1 aliphatic heterocycles. The van der Waals surface area contributed by atoms with Gasteiger partial charge in [0.2, 0.25) is 0 Å². The summed E-state index contributed by atoms with van der Waals surface area (Å²) in [5.41, 5.74) is 0. The van der Waals surface area contributed by atoms with Gasteiger partial charge in [-0.2, -0.15) is 0 Å². The molecule has 0 unspecified atom stereocenters. The largest absolute Gasteiger partial charge is 0.478 e. The molecule has 0 bridgehead atoms. The summed E-state index contributed by atoms with van der Waals surface area (Å²) in [6, 6.07) is 6.52. The van der Waals surface area contributed by atoms with E-state index in [4.69, 9.17) is 4.74 Å². The van der Waals surface area contributed by atoms with E-state index in [0.29, 0.717) is 19.0 Å². The SMILES string of the molecule is CC[C@@H](Oc1ccccc1F)C(=O)N1CCC[C@H](NC)C1. The molecule has 1 N–H and O–H groups in total. The first-order chi connectivity index (χ1) is 10.2. The van der Waals surface area contributed by atoms with E-state index in [2.05, 4.69) is 5.32 Å². The van der Waals surface area contributed by atoms with Crippen molar-refractivity contribution in [3.8, 4) is 5.75 Å². The van der Waals surface area contributed by atoms with Gasteiger partial charge in [-0.3, -0.25) is 4.79 Å². The highest BCUT2D eigenvalue weighted by Crippen LogP contribution is 2.20. The van der Waals surface area contributed by atoms with E-state index < -0.39 is 11.9 Å². The maximum Gasteiger partial charge on any atom is 0.263 e. The Balaban J connectivity index is 2.03. The minimum Gasteiger partial charge on any atom is -0.478 e. The van der Waals surface area contributed by atoms with Gasteiger partial charge in [-0.05, 0) is 38.4 Å². The van der Waals surface area contributed by atoms with Crippen molar-refractivity contribution in [1.82, 2.24) is 10.2 Å². The highest BCUT2D eigenvalue weighted by molar-refractivity contribution is 5.81. The molecule has 2 atom stereocenters. The number of halogens is 1. The van der Waals surface area contributed by atoms with Gasteiger partial charge in [-0.15, -0.1) is 0 Å². The lowest BCUT2D eigenvalue weighted by Crippen LogP contribution is -2.51. The number of nitrogens with zero attached hydrogens (tertiary/aromatic N) is 1. The molecule has 1 amide bonds. The Hall–Kier alpha value is -1.62. The van der Waals surface area contributed by atoms with E-state index in [1.54, 1.807) is 18.2 Å². The summed E-state index contributed by atoms with van der Waals surface area (Å²) >= 11 is 0. The Morgan fingerprint density at radius 3 is 2.95 bits per heavy atom.